The maximum Gasteiger partial charge on any atom is 0.255 e. The Balaban J connectivity index is 2.79. The number of para-hydroxylation sites is 2. The normalized spacial score (nSPS) is 12.3. The molecule has 0 fully saturated rings. The van der Waals surface area contributed by atoms with Crippen molar-refractivity contribution >= 4 is 11.0 Å². The first-order chi connectivity index (χ1) is 7.04. The molecule has 1 N–H and O–H groups in total. The Morgan fingerprint density at radius 2 is 1.87 bits per heavy atom. The zero-order valence-corrected chi connectivity index (χ0v) is 9.96. The van der Waals surface area contributed by atoms with Crippen LogP contribution in [0.1, 0.15) is 33.5 Å². The van der Waals surface area contributed by atoms with E-state index in [4.69, 9.17) is 0 Å². The second-order valence-electron chi connectivity index (χ2n) is 4.95. The van der Waals surface area contributed by atoms with Gasteiger partial charge in [-0.2, -0.15) is 0 Å². The van der Waals surface area contributed by atoms with E-state index in [0.29, 0.717) is 0 Å². The summed E-state index contributed by atoms with van der Waals surface area (Å²) in [5.41, 5.74) is 2.65. The summed E-state index contributed by atoms with van der Waals surface area (Å²) in [5, 5.41) is 0. The van der Waals surface area contributed by atoms with Crippen molar-refractivity contribution in [1.29, 1.82) is 0 Å². The smallest absolute Gasteiger partial charge is 0.241 e. The van der Waals surface area contributed by atoms with Gasteiger partial charge in [-0.1, -0.05) is 19.1 Å². The molecule has 0 amide bonds. The lowest BCUT2D eigenvalue weighted by atomic mass is 10.1. The number of imidazole rings is 1. The average Bonchev–Trinajstić information content (AvgIpc) is 2.54. The van der Waals surface area contributed by atoms with Gasteiger partial charge in [0.25, 0.3) is 5.82 Å². The first-order valence-electron chi connectivity index (χ1n) is 5.56. The van der Waals surface area contributed by atoms with Crippen LogP contribution in [0.25, 0.3) is 11.0 Å². The molecule has 0 aliphatic rings. The first-order valence-corrected chi connectivity index (χ1v) is 5.56. The first kappa shape index (κ1) is 10.2. The van der Waals surface area contributed by atoms with Gasteiger partial charge in [-0.15, -0.1) is 0 Å². The van der Waals surface area contributed by atoms with Gasteiger partial charge in [-0.05, 0) is 32.9 Å². The van der Waals surface area contributed by atoms with Gasteiger partial charge in [0.05, 0.1) is 0 Å². The summed E-state index contributed by atoms with van der Waals surface area (Å²) >= 11 is 0. The molecule has 1 heterocycles. The van der Waals surface area contributed by atoms with Crippen molar-refractivity contribution in [3.05, 3.63) is 30.1 Å². The Labute approximate surface area is 90.9 Å². The van der Waals surface area contributed by atoms with Gasteiger partial charge in [-0.3, -0.25) is 0 Å². The number of hydrogen-bond donors (Lipinski definition) is 1. The van der Waals surface area contributed by atoms with E-state index in [1.807, 2.05) is 0 Å². The topological polar surface area (TPSA) is 19.7 Å². The number of nitrogens with one attached hydrogen (secondary N) is 1. The fraction of sp³-hybridized carbons (Fsp3) is 0.462. The van der Waals surface area contributed by atoms with Crippen LogP contribution in [0.15, 0.2) is 24.3 Å². The largest absolute Gasteiger partial charge is 0.255 e. The van der Waals surface area contributed by atoms with Crippen molar-refractivity contribution in [1.82, 2.24) is 4.98 Å². The fourth-order valence-electron chi connectivity index (χ4n) is 2.14. The number of aromatic amines is 1. The molecule has 0 bridgehead atoms. The number of hydrogen-bond acceptors (Lipinski definition) is 0. The quantitative estimate of drug-likeness (QED) is 0.688. The minimum absolute atomic E-state index is 0.130. The number of nitrogens with zero attached hydrogens (tertiary/aromatic N) is 1. The second kappa shape index (κ2) is 3.37. The Kier molecular flexibility index (Phi) is 2.29. The minimum Gasteiger partial charge on any atom is -0.241 e. The maximum absolute atomic E-state index is 3.48. The molecule has 0 saturated heterocycles. The minimum atomic E-state index is 0.130. The van der Waals surface area contributed by atoms with Crippen LogP contribution in [0.4, 0.5) is 0 Å². The van der Waals surface area contributed by atoms with E-state index in [-0.39, 0.29) is 5.54 Å². The Morgan fingerprint density at radius 3 is 2.47 bits per heavy atom. The van der Waals surface area contributed by atoms with Gasteiger partial charge < -0.3 is 0 Å². The number of benzene rings is 1. The highest BCUT2D eigenvalue weighted by molar-refractivity contribution is 5.71. The highest BCUT2D eigenvalue weighted by atomic mass is 15.1. The summed E-state index contributed by atoms with van der Waals surface area (Å²) in [6.07, 6.45) is 1.03. The van der Waals surface area contributed by atoms with Crippen molar-refractivity contribution < 1.29 is 4.57 Å². The predicted octanol–water partition coefficient (Wildman–Crippen LogP) is 2.77. The molecule has 2 heteroatoms. The van der Waals surface area contributed by atoms with Crippen LogP contribution in [0.5, 0.6) is 0 Å². The monoisotopic (exact) mass is 203 g/mol. The van der Waals surface area contributed by atoms with Gasteiger partial charge >= 0.3 is 0 Å². The summed E-state index contributed by atoms with van der Waals surface area (Å²) in [5.74, 6) is 1.30. The van der Waals surface area contributed by atoms with Crippen LogP contribution in [0.2, 0.25) is 0 Å². The van der Waals surface area contributed by atoms with E-state index in [0.717, 1.165) is 6.42 Å². The molecule has 2 nitrogen and oxygen atoms in total. The second-order valence-corrected chi connectivity index (χ2v) is 4.95. The summed E-state index contributed by atoms with van der Waals surface area (Å²) in [7, 11) is 0. The number of rotatable bonds is 1. The molecular weight excluding hydrogens is 184 g/mol. The molecule has 0 saturated carbocycles. The van der Waals surface area contributed by atoms with E-state index >= 15 is 0 Å². The SMILES string of the molecule is CCc1[nH]c2ccccc2[n+]1C(C)(C)C. The molecule has 0 atom stereocenters. The molecule has 1 aromatic heterocycles. The summed E-state index contributed by atoms with van der Waals surface area (Å²) in [6.45, 7) is 8.91. The molecule has 0 spiro atoms. The molecule has 0 aliphatic heterocycles. The average molecular weight is 203 g/mol. The van der Waals surface area contributed by atoms with Crippen molar-refractivity contribution in [2.45, 2.75) is 39.7 Å². The molecule has 80 valence electrons. The lowest BCUT2D eigenvalue weighted by Gasteiger charge is -2.17. The summed E-state index contributed by atoms with van der Waals surface area (Å²) < 4.78 is 2.39. The van der Waals surface area contributed by atoms with Gasteiger partial charge in [-0.25, -0.2) is 9.55 Å². The third-order valence-electron chi connectivity index (χ3n) is 2.70. The Hall–Kier alpha value is -1.31. The number of H-pyrrole nitrogens is 1. The molecular formula is C13H19N2+. The van der Waals surface area contributed by atoms with Gasteiger partial charge in [0.15, 0.2) is 11.0 Å². The van der Waals surface area contributed by atoms with Gasteiger partial charge in [0, 0.05) is 6.42 Å². The highest BCUT2D eigenvalue weighted by Crippen LogP contribution is 2.15. The van der Waals surface area contributed by atoms with E-state index in [2.05, 4.69) is 61.5 Å². The van der Waals surface area contributed by atoms with Crippen molar-refractivity contribution in [2.75, 3.05) is 0 Å². The molecule has 15 heavy (non-hydrogen) atoms. The Bertz CT molecular complexity index is 475. The zero-order chi connectivity index (χ0) is 11.1. The van der Waals surface area contributed by atoms with E-state index in [1.54, 1.807) is 0 Å². The summed E-state index contributed by atoms with van der Waals surface area (Å²) in [4.78, 5) is 3.48. The molecule has 1 aromatic carbocycles. The molecule has 0 aliphatic carbocycles. The van der Waals surface area contributed by atoms with Crippen LogP contribution < -0.4 is 4.57 Å². The number of fused-ring (bicyclic) bond motifs is 1. The van der Waals surface area contributed by atoms with Crippen molar-refractivity contribution in [2.24, 2.45) is 0 Å². The lowest BCUT2D eigenvalue weighted by molar-refractivity contribution is -0.736. The van der Waals surface area contributed by atoms with Crippen LogP contribution in [-0.2, 0) is 12.0 Å². The van der Waals surface area contributed by atoms with E-state index in [1.165, 1.54) is 16.9 Å². The van der Waals surface area contributed by atoms with Crippen LogP contribution in [0, 0.1) is 0 Å². The molecule has 0 radical (unpaired) electrons. The third-order valence-corrected chi connectivity index (χ3v) is 2.70. The van der Waals surface area contributed by atoms with Crippen LogP contribution in [-0.4, -0.2) is 4.98 Å². The molecule has 2 aromatic rings. The standard InChI is InChI=1S/C13H18N2/c1-5-12-14-10-8-6-7-9-11(10)15(12)13(2,3)4/h6-9H,5H2,1-4H3/p+1. The van der Waals surface area contributed by atoms with Crippen LogP contribution in [0.3, 0.4) is 0 Å². The highest BCUT2D eigenvalue weighted by Gasteiger charge is 2.26. The zero-order valence-electron chi connectivity index (χ0n) is 9.96. The fourth-order valence-corrected chi connectivity index (χ4v) is 2.14. The van der Waals surface area contributed by atoms with Crippen molar-refractivity contribution in [3.8, 4) is 0 Å². The Morgan fingerprint density at radius 1 is 1.20 bits per heavy atom. The maximum atomic E-state index is 3.48. The van der Waals surface area contributed by atoms with Crippen LogP contribution >= 0.6 is 0 Å². The van der Waals surface area contributed by atoms with Gasteiger partial charge in [0.2, 0.25) is 0 Å². The lowest BCUT2D eigenvalue weighted by Crippen LogP contribution is -2.52. The predicted molar refractivity (Wildman–Crippen MR) is 62.9 cm³/mol. The van der Waals surface area contributed by atoms with Crippen molar-refractivity contribution in [3.63, 3.8) is 0 Å². The summed E-state index contributed by atoms with van der Waals surface area (Å²) in [6, 6.07) is 8.48. The number of aromatic nitrogens is 2. The third kappa shape index (κ3) is 1.65. The number of aryl methyl sites for hydroxylation is 1. The van der Waals surface area contributed by atoms with E-state index < -0.39 is 0 Å². The molecule has 2 rings (SSSR count). The van der Waals surface area contributed by atoms with Gasteiger partial charge in [0.1, 0.15) is 5.54 Å². The molecule has 0 unspecified atom stereocenters. The van der Waals surface area contributed by atoms with E-state index in [9.17, 15) is 0 Å².